The molecule has 4 heteroatoms. The lowest BCUT2D eigenvalue weighted by atomic mass is 9.95. The number of rotatable bonds is 6. The first-order valence-corrected chi connectivity index (χ1v) is 7.71. The van der Waals surface area contributed by atoms with Crippen LogP contribution in [0.3, 0.4) is 0 Å². The highest BCUT2D eigenvalue weighted by atomic mass is 16.2. The molecular formula is C19H22N2O2. The van der Waals surface area contributed by atoms with Crippen molar-refractivity contribution in [3.63, 3.8) is 0 Å². The molecule has 2 rings (SSSR count). The number of hydrogen-bond acceptors (Lipinski definition) is 3. The van der Waals surface area contributed by atoms with Gasteiger partial charge in [-0.2, -0.15) is 0 Å². The molecular weight excluding hydrogens is 288 g/mol. The van der Waals surface area contributed by atoms with E-state index in [1.807, 2.05) is 42.5 Å². The van der Waals surface area contributed by atoms with Crippen LogP contribution in [0, 0.1) is 5.92 Å². The van der Waals surface area contributed by atoms with Crippen LogP contribution in [-0.4, -0.2) is 11.7 Å². The van der Waals surface area contributed by atoms with Crippen molar-refractivity contribution < 1.29 is 9.59 Å². The first-order valence-electron chi connectivity index (χ1n) is 7.71. The zero-order valence-corrected chi connectivity index (χ0v) is 13.7. The second-order valence-corrected chi connectivity index (χ2v) is 5.86. The Balaban J connectivity index is 2.07. The molecule has 0 aliphatic heterocycles. The van der Waals surface area contributed by atoms with Gasteiger partial charge in [-0.15, -0.1) is 0 Å². The van der Waals surface area contributed by atoms with Gasteiger partial charge in [-0.05, 0) is 30.5 Å². The van der Waals surface area contributed by atoms with Crippen molar-refractivity contribution in [2.45, 2.75) is 26.8 Å². The molecule has 0 heterocycles. The Morgan fingerprint density at radius 1 is 0.870 bits per heavy atom. The van der Waals surface area contributed by atoms with Gasteiger partial charge < -0.3 is 0 Å². The Morgan fingerprint density at radius 3 is 2.00 bits per heavy atom. The SMILES string of the molecule is CC(=O)c1ccc([C@@H](NNC(=O)c2ccccc2)C(C)C)cc1. The van der Waals surface area contributed by atoms with E-state index in [1.165, 1.54) is 0 Å². The standard InChI is InChI=1S/C19H22N2O2/c1-13(2)18(16-11-9-15(10-12-16)14(3)22)20-21-19(23)17-7-5-4-6-8-17/h4-13,18,20H,1-3H3,(H,21,23)/t18-/m0/s1. The van der Waals surface area contributed by atoms with Crippen LogP contribution in [0.5, 0.6) is 0 Å². The molecule has 0 fully saturated rings. The summed E-state index contributed by atoms with van der Waals surface area (Å²) in [4.78, 5) is 23.5. The highest BCUT2D eigenvalue weighted by Crippen LogP contribution is 2.21. The summed E-state index contributed by atoms with van der Waals surface area (Å²) >= 11 is 0. The summed E-state index contributed by atoms with van der Waals surface area (Å²) in [7, 11) is 0. The van der Waals surface area contributed by atoms with Crippen molar-refractivity contribution in [2.24, 2.45) is 5.92 Å². The summed E-state index contributed by atoms with van der Waals surface area (Å²) in [6.45, 7) is 5.70. The largest absolute Gasteiger partial charge is 0.295 e. The fourth-order valence-corrected chi connectivity index (χ4v) is 2.37. The molecule has 0 aliphatic carbocycles. The predicted molar refractivity (Wildman–Crippen MR) is 91.1 cm³/mol. The van der Waals surface area contributed by atoms with E-state index in [-0.39, 0.29) is 23.7 Å². The summed E-state index contributed by atoms with van der Waals surface area (Å²) in [5.74, 6) is 0.147. The minimum Gasteiger partial charge on any atom is -0.295 e. The summed E-state index contributed by atoms with van der Waals surface area (Å²) < 4.78 is 0. The summed E-state index contributed by atoms with van der Waals surface area (Å²) in [5, 5.41) is 0. The molecule has 0 radical (unpaired) electrons. The van der Waals surface area contributed by atoms with Crippen molar-refractivity contribution in [2.75, 3.05) is 0 Å². The van der Waals surface area contributed by atoms with Gasteiger partial charge in [-0.1, -0.05) is 56.3 Å². The molecule has 0 bridgehead atoms. The average Bonchev–Trinajstić information content (AvgIpc) is 2.55. The van der Waals surface area contributed by atoms with Gasteiger partial charge in [0.15, 0.2) is 5.78 Å². The number of carbonyl (C=O) groups is 2. The maximum atomic E-state index is 12.1. The predicted octanol–water partition coefficient (Wildman–Crippen LogP) is 3.52. The first-order chi connectivity index (χ1) is 11.0. The molecule has 2 aromatic rings. The molecule has 0 saturated carbocycles. The number of ketones is 1. The lowest BCUT2D eigenvalue weighted by molar-refractivity contribution is 0.0919. The normalized spacial score (nSPS) is 12.0. The average molecular weight is 310 g/mol. The quantitative estimate of drug-likeness (QED) is 0.634. The van der Waals surface area contributed by atoms with Gasteiger partial charge in [0.2, 0.25) is 0 Å². The molecule has 4 nitrogen and oxygen atoms in total. The van der Waals surface area contributed by atoms with E-state index in [1.54, 1.807) is 19.1 Å². The zero-order chi connectivity index (χ0) is 16.8. The number of Topliss-reactive ketones (excluding diaryl/α,β-unsaturated/α-hetero) is 1. The molecule has 1 amide bonds. The molecule has 1 atom stereocenters. The van der Waals surface area contributed by atoms with Gasteiger partial charge >= 0.3 is 0 Å². The zero-order valence-electron chi connectivity index (χ0n) is 13.7. The van der Waals surface area contributed by atoms with Crippen LogP contribution in [0.1, 0.15) is 53.1 Å². The number of nitrogens with one attached hydrogen (secondary N) is 2. The van der Waals surface area contributed by atoms with Crippen LogP contribution in [0.4, 0.5) is 0 Å². The molecule has 2 aromatic carbocycles. The van der Waals surface area contributed by atoms with Gasteiger partial charge in [-0.25, -0.2) is 5.43 Å². The van der Waals surface area contributed by atoms with Crippen molar-refractivity contribution in [3.8, 4) is 0 Å². The van der Waals surface area contributed by atoms with Gasteiger partial charge in [0.25, 0.3) is 5.91 Å². The molecule has 120 valence electrons. The maximum absolute atomic E-state index is 12.1. The van der Waals surface area contributed by atoms with Crippen LogP contribution in [0.25, 0.3) is 0 Å². The molecule has 23 heavy (non-hydrogen) atoms. The van der Waals surface area contributed by atoms with Crippen molar-refractivity contribution in [3.05, 3.63) is 71.3 Å². The topological polar surface area (TPSA) is 58.2 Å². The number of amides is 1. The van der Waals surface area contributed by atoms with Crippen LogP contribution in [-0.2, 0) is 0 Å². The van der Waals surface area contributed by atoms with Gasteiger partial charge in [0.05, 0.1) is 6.04 Å². The Bertz CT molecular complexity index is 664. The fraction of sp³-hybridized carbons (Fsp3) is 0.263. The Labute approximate surface area is 136 Å². The summed E-state index contributed by atoms with van der Waals surface area (Å²) in [6.07, 6.45) is 0. The third-order valence-corrected chi connectivity index (χ3v) is 3.72. The van der Waals surface area contributed by atoms with Crippen molar-refractivity contribution >= 4 is 11.7 Å². The summed E-state index contributed by atoms with van der Waals surface area (Å²) in [5.41, 5.74) is 8.18. The number of hydrazine groups is 1. The molecule has 0 unspecified atom stereocenters. The number of hydrogen-bond donors (Lipinski definition) is 2. The van der Waals surface area contributed by atoms with Crippen LogP contribution in [0.2, 0.25) is 0 Å². The van der Waals surface area contributed by atoms with Crippen LogP contribution >= 0.6 is 0 Å². The first kappa shape index (κ1) is 16.9. The van der Waals surface area contributed by atoms with Crippen LogP contribution in [0.15, 0.2) is 54.6 Å². The number of carbonyl (C=O) groups excluding carboxylic acids is 2. The van der Waals surface area contributed by atoms with Crippen molar-refractivity contribution in [1.82, 2.24) is 10.9 Å². The van der Waals surface area contributed by atoms with Gasteiger partial charge in [0, 0.05) is 11.1 Å². The Morgan fingerprint density at radius 2 is 1.48 bits per heavy atom. The summed E-state index contributed by atoms with van der Waals surface area (Å²) in [6, 6.07) is 16.5. The second-order valence-electron chi connectivity index (χ2n) is 5.86. The van der Waals surface area contributed by atoms with E-state index >= 15 is 0 Å². The van der Waals surface area contributed by atoms with E-state index in [9.17, 15) is 9.59 Å². The fourth-order valence-electron chi connectivity index (χ4n) is 2.37. The Hall–Kier alpha value is -2.46. The molecule has 2 N–H and O–H groups in total. The van der Waals surface area contributed by atoms with E-state index in [4.69, 9.17) is 0 Å². The molecule has 0 spiro atoms. The van der Waals surface area contributed by atoms with Gasteiger partial charge in [0.1, 0.15) is 0 Å². The number of benzene rings is 2. The monoisotopic (exact) mass is 310 g/mol. The van der Waals surface area contributed by atoms with E-state index in [2.05, 4.69) is 24.7 Å². The minimum atomic E-state index is -0.170. The lowest BCUT2D eigenvalue weighted by Crippen LogP contribution is -2.41. The lowest BCUT2D eigenvalue weighted by Gasteiger charge is -2.23. The van der Waals surface area contributed by atoms with E-state index in [0.29, 0.717) is 11.1 Å². The highest BCUT2D eigenvalue weighted by Gasteiger charge is 2.17. The highest BCUT2D eigenvalue weighted by molar-refractivity contribution is 5.94. The van der Waals surface area contributed by atoms with Crippen molar-refractivity contribution in [1.29, 1.82) is 0 Å². The third-order valence-electron chi connectivity index (χ3n) is 3.72. The molecule has 0 saturated heterocycles. The van der Waals surface area contributed by atoms with Gasteiger partial charge in [-0.3, -0.25) is 15.0 Å². The molecule has 0 aliphatic rings. The third kappa shape index (κ3) is 4.50. The maximum Gasteiger partial charge on any atom is 0.265 e. The smallest absolute Gasteiger partial charge is 0.265 e. The minimum absolute atomic E-state index is 0.0383. The van der Waals surface area contributed by atoms with E-state index in [0.717, 1.165) is 5.56 Å². The van der Waals surface area contributed by atoms with E-state index < -0.39 is 0 Å². The molecule has 0 aromatic heterocycles. The second kappa shape index (κ2) is 7.70. The van der Waals surface area contributed by atoms with Crippen LogP contribution < -0.4 is 10.9 Å². The Kier molecular flexibility index (Phi) is 5.66.